The number of aromatic nitrogens is 4. The molecule has 2 heterocycles. The summed E-state index contributed by atoms with van der Waals surface area (Å²) in [5.74, 6) is 2.49. The molecule has 12 heteroatoms. The Kier molecular flexibility index (Phi) is 7.75. The minimum atomic E-state index is -0.267. The smallest absolute Gasteiger partial charge is 0.330 e. The monoisotopic (exact) mass is 709 g/mol. The van der Waals surface area contributed by atoms with Crippen LogP contribution in [0, 0.1) is 47.3 Å². The predicted molar refractivity (Wildman–Crippen MR) is 185 cm³/mol. The summed E-state index contributed by atoms with van der Waals surface area (Å²) in [5.41, 5.74) is 3.58. The van der Waals surface area contributed by atoms with Crippen LogP contribution in [0.2, 0.25) is 0 Å². The van der Waals surface area contributed by atoms with Gasteiger partial charge in [-0.05, 0) is 98.4 Å². The van der Waals surface area contributed by atoms with Crippen LogP contribution in [0.5, 0.6) is 23.1 Å². The molecule has 0 radical (unpaired) electrons. The van der Waals surface area contributed by atoms with Gasteiger partial charge in [0.05, 0.1) is 38.3 Å². The van der Waals surface area contributed by atoms with Crippen LogP contribution in [0.25, 0.3) is 17.2 Å². The second-order valence-electron chi connectivity index (χ2n) is 13.7. The Morgan fingerprint density at radius 1 is 1.04 bits per heavy atom. The Morgan fingerprint density at radius 3 is 2.38 bits per heavy atom. The van der Waals surface area contributed by atoms with E-state index in [2.05, 4.69) is 27.3 Å². The zero-order chi connectivity index (χ0) is 33.8. The normalized spacial score (nSPS) is 21.6. The molecule has 0 amide bonds. The lowest BCUT2D eigenvalue weighted by atomic mass is 9.40. The number of rotatable bonds is 12. The minimum Gasteiger partial charge on any atom is -0.497 e. The van der Waals surface area contributed by atoms with Gasteiger partial charge in [0.2, 0.25) is 5.95 Å². The van der Waals surface area contributed by atoms with Gasteiger partial charge in [0.15, 0.2) is 11.2 Å². The van der Waals surface area contributed by atoms with Crippen molar-refractivity contribution in [2.75, 3.05) is 24.9 Å². The number of aryl methyl sites for hydroxylation is 2. The number of nitriles is 2. The molecule has 0 aliphatic heterocycles. The molecule has 4 aliphatic rings. The van der Waals surface area contributed by atoms with E-state index in [9.17, 15) is 10.1 Å². The van der Waals surface area contributed by atoms with Gasteiger partial charge in [-0.2, -0.15) is 20.5 Å². The van der Waals surface area contributed by atoms with Crippen molar-refractivity contribution in [1.82, 2.24) is 19.1 Å². The van der Waals surface area contributed by atoms with Crippen LogP contribution >= 0.6 is 15.9 Å². The third-order valence-electron chi connectivity index (χ3n) is 10.1. The van der Waals surface area contributed by atoms with Gasteiger partial charge in [0.1, 0.15) is 17.2 Å². The minimum absolute atomic E-state index is 0.0487. The molecule has 0 spiro atoms. The van der Waals surface area contributed by atoms with Gasteiger partial charge < -0.3 is 19.5 Å². The number of hydrogen-bond donors (Lipinski definition) is 1. The number of hydrogen-bond acceptors (Lipinski definition) is 9. The zero-order valence-electron chi connectivity index (χ0n) is 27.4. The molecule has 48 heavy (non-hydrogen) atoms. The van der Waals surface area contributed by atoms with E-state index in [0.29, 0.717) is 40.9 Å². The highest BCUT2D eigenvalue weighted by atomic mass is 79.9. The Labute approximate surface area is 286 Å². The Hall–Kier alpha value is -4.81. The average Bonchev–Trinajstić information content (AvgIpc) is 3.78. The maximum atomic E-state index is 14.5. The van der Waals surface area contributed by atoms with Crippen molar-refractivity contribution in [3.05, 3.63) is 69.1 Å². The third-order valence-corrected chi connectivity index (χ3v) is 11.2. The quantitative estimate of drug-likeness (QED) is 0.127. The summed E-state index contributed by atoms with van der Waals surface area (Å²) in [6.07, 6.45) is 7.39. The Morgan fingerprint density at radius 2 is 1.77 bits per heavy atom. The van der Waals surface area contributed by atoms with Crippen molar-refractivity contribution >= 4 is 39.1 Å². The van der Waals surface area contributed by atoms with E-state index in [-0.39, 0.29) is 34.5 Å². The SMILES string of the molecule is COc1ccc(Cn2c(=O)n(CC3(CBr)CC3)c3c(Oc4c(C)cc(/C=C/C#N)cc4C)nc(NC45CC(C#N)(C4)C5)nc32)c(OC)c1. The number of nitrogens with one attached hydrogen (secondary N) is 1. The third kappa shape index (κ3) is 5.38. The van der Waals surface area contributed by atoms with Crippen LogP contribution in [0.1, 0.15) is 54.4 Å². The first-order valence-electron chi connectivity index (χ1n) is 15.9. The largest absolute Gasteiger partial charge is 0.497 e. The second-order valence-corrected chi connectivity index (χ2v) is 14.2. The van der Waals surface area contributed by atoms with Crippen LogP contribution in [-0.2, 0) is 13.1 Å². The maximum absolute atomic E-state index is 14.5. The molecule has 2 aromatic heterocycles. The predicted octanol–water partition coefficient (Wildman–Crippen LogP) is 6.64. The summed E-state index contributed by atoms with van der Waals surface area (Å²) >= 11 is 3.69. The van der Waals surface area contributed by atoms with Crippen LogP contribution in [0.3, 0.4) is 0 Å². The fourth-order valence-corrected chi connectivity index (χ4v) is 8.08. The number of allylic oxidation sites excluding steroid dienone is 1. The number of imidazole rings is 1. The molecule has 0 atom stereocenters. The van der Waals surface area contributed by atoms with Gasteiger partial charge in [-0.3, -0.25) is 9.13 Å². The fraction of sp³-hybridized carbons (Fsp3) is 0.417. The first-order valence-corrected chi connectivity index (χ1v) is 17.0. The van der Waals surface area contributed by atoms with Gasteiger partial charge in [-0.1, -0.05) is 15.9 Å². The number of benzene rings is 2. The van der Waals surface area contributed by atoms with Crippen molar-refractivity contribution in [2.45, 2.75) is 64.6 Å². The topological polar surface area (TPSA) is 140 Å². The van der Waals surface area contributed by atoms with E-state index in [1.807, 2.05) is 44.2 Å². The number of ether oxygens (including phenoxy) is 3. The fourth-order valence-electron chi connectivity index (χ4n) is 7.34. The van der Waals surface area contributed by atoms with Crippen LogP contribution in [0.4, 0.5) is 5.95 Å². The molecule has 246 valence electrons. The van der Waals surface area contributed by atoms with Crippen molar-refractivity contribution in [3.8, 4) is 35.3 Å². The second kappa shape index (κ2) is 11.7. The summed E-state index contributed by atoms with van der Waals surface area (Å²) in [4.78, 5) is 24.4. The van der Waals surface area contributed by atoms with Gasteiger partial charge in [-0.15, -0.1) is 0 Å². The van der Waals surface area contributed by atoms with Crippen LogP contribution < -0.4 is 25.2 Å². The molecular weight excluding hydrogens is 674 g/mol. The van der Waals surface area contributed by atoms with E-state index in [4.69, 9.17) is 29.4 Å². The molecular formula is C36H36BrN7O4. The first kappa shape index (κ1) is 31.8. The molecule has 8 rings (SSSR count). The molecule has 1 N–H and O–H groups in total. The molecule has 0 saturated heterocycles. The van der Waals surface area contributed by atoms with Gasteiger partial charge in [0.25, 0.3) is 5.88 Å². The van der Waals surface area contributed by atoms with E-state index in [1.165, 1.54) is 6.08 Å². The molecule has 4 fully saturated rings. The lowest BCUT2D eigenvalue weighted by Gasteiger charge is -2.66. The number of nitrogens with zero attached hydrogens (tertiary/aromatic N) is 6. The number of fused-ring (bicyclic) bond motifs is 1. The van der Waals surface area contributed by atoms with Crippen molar-refractivity contribution in [2.24, 2.45) is 10.8 Å². The summed E-state index contributed by atoms with van der Waals surface area (Å²) in [7, 11) is 3.19. The summed E-state index contributed by atoms with van der Waals surface area (Å²) in [6, 6.07) is 13.9. The maximum Gasteiger partial charge on any atom is 0.330 e. The lowest BCUT2D eigenvalue weighted by molar-refractivity contribution is -0.0665. The molecule has 11 nitrogen and oxygen atoms in total. The van der Waals surface area contributed by atoms with Crippen molar-refractivity contribution in [3.63, 3.8) is 0 Å². The molecule has 2 aromatic carbocycles. The highest BCUT2D eigenvalue weighted by molar-refractivity contribution is 9.09. The van der Waals surface area contributed by atoms with Crippen molar-refractivity contribution < 1.29 is 14.2 Å². The van der Waals surface area contributed by atoms with Gasteiger partial charge in [-0.25, -0.2) is 4.79 Å². The summed E-state index contributed by atoms with van der Waals surface area (Å²) < 4.78 is 21.3. The number of alkyl halides is 1. The number of halogens is 1. The van der Waals surface area contributed by atoms with Gasteiger partial charge >= 0.3 is 5.69 Å². The number of methoxy groups -OCH3 is 2. The highest BCUT2D eigenvalue weighted by Gasteiger charge is 2.69. The first-order chi connectivity index (χ1) is 23.1. The lowest BCUT2D eigenvalue weighted by Crippen LogP contribution is -2.70. The van der Waals surface area contributed by atoms with E-state index >= 15 is 0 Å². The van der Waals surface area contributed by atoms with Crippen molar-refractivity contribution in [1.29, 1.82) is 10.5 Å². The van der Waals surface area contributed by atoms with E-state index in [1.54, 1.807) is 35.5 Å². The van der Waals surface area contributed by atoms with Gasteiger partial charge in [0, 0.05) is 35.1 Å². The van der Waals surface area contributed by atoms with Crippen LogP contribution in [0.15, 0.2) is 41.2 Å². The molecule has 4 aromatic rings. The Bertz CT molecular complexity index is 2090. The average molecular weight is 711 g/mol. The van der Waals surface area contributed by atoms with Crippen LogP contribution in [-0.4, -0.2) is 44.2 Å². The Balaban J connectivity index is 1.40. The summed E-state index contributed by atoms with van der Waals surface area (Å²) in [6.45, 7) is 4.58. The molecule has 4 saturated carbocycles. The molecule has 0 unspecified atom stereocenters. The number of anilines is 1. The zero-order valence-corrected chi connectivity index (χ0v) is 29.0. The highest BCUT2D eigenvalue weighted by Crippen LogP contribution is 2.67. The molecule has 4 aliphatic carbocycles. The standard InChI is InChI=1S/C36H36BrN7O4/c1-22-12-24(6-5-11-38)13-23(2)29(22)48-31-28-30(40-32(41-31)42-36-16-35(17-36,18-36)20-39)43(33(45)44(28)21-34(19-37)9-10-34)15-25-7-8-26(46-3)14-27(25)47-4/h5-8,12-14H,9-10,15-19,21H2,1-4H3,(H,40,41,42)/b6-5+. The van der Waals surface area contributed by atoms with E-state index in [0.717, 1.165) is 59.7 Å². The van der Waals surface area contributed by atoms with E-state index < -0.39 is 0 Å². The summed E-state index contributed by atoms with van der Waals surface area (Å²) in [5, 5.41) is 22.9. The molecule has 2 bridgehead atoms.